The predicted octanol–water partition coefficient (Wildman–Crippen LogP) is 3.44. The number of fused-ring (bicyclic) bond motifs is 3. The Kier molecular flexibility index (Phi) is 4.06. The molecule has 0 radical (unpaired) electrons. The minimum absolute atomic E-state index is 0.411. The highest BCUT2D eigenvalue weighted by Gasteiger charge is 2.27. The predicted molar refractivity (Wildman–Crippen MR) is 97.6 cm³/mol. The van der Waals surface area contributed by atoms with Crippen molar-refractivity contribution in [1.82, 2.24) is 25.0 Å². The van der Waals surface area contributed by atoms with Gasteiger partial charge in [-0.3, -0.25) is 10.1 Å². The minimum Gasteiger partial charge on any atom is -0.281 e. The van der Waals surface area contributed by atoms with Gasteiger partial charge in [-0.15, -0.1) is 0 Å². The van der Waals surface area contributed by atoms with Crippen molar-refractivity contribution in [2.75, 3.05) is 5.75 Å². The van der Waals surface area contributed by atoms with Gasteiger partial charge < -0.3 is 0 Å². The zero-order valence-electron chi connectivity index (χ0n) is 14.2. The topological polar surface area (TPSA) is 83.2 Å². The van der Waals surface area contributed by atoms with Crippen molar-refractivity contribution in [2.24, 2.45) is 0 Å². The Bertz CT molecular complexity index is 964. The number of pyridine rings is 1. The van der Waals surface area contributed by atoms with Crippen LogP contribution in [0.2, 0.25) is 0 Å². The lowest BCUT2D eigenvalue weighted by Crippen LogP contribution is -2.05. The Hall–Kier alpha value is -2.59. The van der Waals surface area contributed by atoms with Crippen LogP contribution < -0.4 is 0 Å². The second-order valence-electron chi connectivity index (χ2n) is 6.04. The zero-order valence-corrected chi connectivity index (χ0v) is 15.0. The van der Waals surface area contributed by atoms with Gasteiger partial charge in [-0.2, -0.15) is 27.2 Å². The highest BCUT2D eigenvalue weighted by molar-refractivity contribution is 7.99. The van der Waals surface area contributed by atoms with Gasteiger partial charge >= 0.3 is 0 Å². The van der Waals surface area contributed by atoms with Crippen molar-refractivity contribution < 1.29 is 0 Å². The molecule has 1 aliphatic carbocycles. The Morgan fingerprint density at radius 2 is 2.28 bits per heavy atom. The van der Waals surface area contributed by atoms with E-state index in [1.807, 2.05) is 18.0 Å². The summed E-state index contributed by atoms with van der Waals surface area (Å²) < 4.78 is 1.80. The standard InChI is InChI=1S/C18H18N6S/c1-3-25-11(2)17-14-4-5-16-15(18(14)22-21-17)10-24(23-16)13-6-12(7-19)8-20-9-13/h6,8-11H,3-5H2,1-2H3,(H,21,22). The SMILES string of the molecule is CCSC(C)c1[nH]nc2c1CCc1nn(-c3cncc(C#N)c3)cc1-2. The van der Waals surface area contributed by atoms with Crippen LogP contribution in [0.4, 0.5) is 0 Å². The smallest absolute Gasteiger partial charge is 0.101 e. The number of aromatic nitrogens is 5. The van der Waals surface area contributed by atoms with E-state index in [0.717, 1.165) is 41.2 Å². The molecule has 6 nitrogen and oxygen atoms in total. The summed E-state index contributed by atoms with van der Waals surface area (Å²) in [4.78, 5) is 4.12. The number of aryl methyl sites for hydroxylation is 1. The maximum Gasteiger partial charge on any atom is 0.101 e. The molecule has 0 fully saturated rings. The van der Waals surface area contributed by atoms with E-state index in [4.69, 9.17) is 10.4 Å². The third-order valence-corrected chi connectivity index (χ3v) is 5.57. The molecule has 1 atom stereocenters. The average Bonchev–Trinajstić information content (AvgIpc) is 3.25. The molecule has 1 unspecified atom stereocenters. The number of nitrogens with zero attached hydrogens (tertiary/aromatic N) is 5. The molecule has 0 aliphatic heterocycles. The monoisotopic (exact) mass is 350 g/mol. The van der Waals surface area contributed by atoms with E-state index in [9.17, 15) is 0 Å². The summed E-state index contributed by atoms with van der Waals surface area (Å²) in [5.41, 5.74) is 6.98. The van der Waals surface area contributed by atoms with E-state index in [-0.39, 0.29) is 0 Å². The van der Waals surface area contributed by atoms with E-state index in [2.05, 4.69) is 35.1 Å². The van der Waals surface area contributed by atoms with Crippen LogP contribution in [0.5, 0.6) is 0 Å². The molecule has 25 heavy (non-hydrogen) atoms. The van der Waals surface area contributed by atoms with Crippen molar-refractivity contribution in [1.29, 1.82) is 5.26 Å². The number of hydrogen-bond donors (Lipinski definition) is 1. The third-order valence-electron chi connectivity index (χ3n) is 4.50. The summed E-state index contributed by atoms with van der Waals surface area (Å²) in [6.45, 7) is 4.40. The molecule has 3 aromatic rings. The van der Waals surface area contributed by atoms with Crippen LogP contribution in [-0.2, 0) is 12.8 Å². The lowest BCUT2D eigenvalue weighted by molar-refractivity contribution is 0.806. The molecule has 1 aliphatic rings. The van der Waals surface area contributed by atoms with Gasteiger partial charge in [0.05, 0.1) is 34.5 Å². The fourth-order valence-corrected chi connectivity index (χ4v) is 4.17. The van der Waals surface area contributed by atoms with E-state index >= 15 is 0 Å². The lowest BCUT2D eigenvalue weighted by atomic mass is 9.93. The van der Waals surface area contributed by atoms with E-state index in [1.54, 1.807) is 23.1 Å². The molecule has 3 heterocycles. The second-order valence-corrected chi connectivity index (χ2v) is 7.66. The van der Waals surface area contributed by atoms with Crippen LogP contribution in [0.3, 0.4) is 0 Å². The fraction of sp³-hybridized carbons (Fsp3) is 0.333. The van der Waals surface area contributed by atoms with Crippen molar-refractivity contribution in [3.63, 3.8) is 0 Å². The van der Waals surface area contributed by atoms with Gasteiger partial charge in [0.1, 0.15) is 6.07 Å². The summed E-state index contributed by atoms with van der Waals surface area (Å²) in [6.07, 6.45) is 7.12. The van der Waals surface area contributed by atoms with Crippen LogP contribution in [0.15, 0.2) is 24.7 Å². The summed E-state index contributed by atoms with van der Waals surface area (Å²) in [5.74, 6) is 1.08. The maximum atomic E-state index is 9.06. The van der Waals surface area contributed by atoms with Gasteiger partial charge in [0.25, 0.3) is 0 Å². The van der Waals surface area contributed by atoms with Crippen LogP contribution in [0.1, 0.15) is 41.6 Å². The first-order chi connectivity index (χ1) is 12.2. The molecule has 0 bridgehead atoms. The molecule has 0 saturated carbocycles. The lowest BCUT2D eigenvalue weighted by Gasteiger charge is -2.14. The third kappa shape index (κ3) is 2.72. The number of nitriles is 1. The van der Waals surface area contributed by atoms with Crippen molar-refractivity contribution in [3.8, 4) is 23.0 Å². The Labute approximate surface area is 150 Å². The molecular weight excluding hydrogens is 332 g/mol. The van der Waals surface area contributed by atoms with Crippen molar-refractivity contribution >= 4 is 11.8 Å². The quantitative estimate of drug-likeness (QED) is 0.779. The zero-order chi connectivity index (χ0) is 17.4. The van der Waals surface area contributed by atoms with Crippen molar-refractivity contribution in [2.45, 2.75) is 31.9 Å². The molecule has 3 aromatic heterocycles. The van der Waals surface area contributed by atoms with Crippen LogP contribution >= 0.6 is 11.8 Å². The van der Waals surface area contributed by atoms with Gasteiger partial charge in [0.2, 0.25) is 0 Å². The summed E-state index contributed by atoms with van der Waals surface area (Å²) in [6, 6.07) is 3.91. The molecule has 0 aromatic carbocycles. The Morgan fingerprint density at radius 3 is 3.08 bits per heavy atom. The number of rotatable bonds is 4. The molecule has 1 N–H and O–H groups in total. The van der Waals surface area contributed by atoms with Crippen molar-refractivity contribution in [3.05, 3.63) is 47.2 Å². The minimum atomic E-state index is 0.411. The second kappa shape index (κ2) is 6.37. The summed E-state index contributed by atoms with van der Waals surface area (Å²) in [7, 11) is 0. The Morgan fingerprint density at radius 1 is 1.40 bits per heavy atom. The molecule has 0 spiro atoms. The van der Waals surface area contributed by atoms with E-state index in [0.29, 0.717) is 10.8 Å². The maximum absolute atomic E-state index is 9.06. The van der Waals surface area contributed by atoms with Crippen LogP contribution in [0, 0.1) is 11.3 Å². The Balaban J connectivity index is 1.74. The molecule has 7 heteroatoms. The molecule has 0 amide bonds. The van der Waals surface area contributed by atoms with Gasteiger partial charge in [0, 0.05) is 28.8 Å². The average molecular weight is 350 g/mol. The number of hydrogen-bond acceptors (Lipinski definition) is 5. The highest BCUT2D eigenvalue weighted by Crippen LogP contribution is 2.38. The van der Waals surface area contributed by atoms with Gasteiger partial charge in [-0.1, -0.05) is 6.92 Å². The van der Waals surface area contributed by atoms with Crippen LogP contribution in [-0.4, -0.2) is 30.7 Å². The first-order valence-electron chi connectivity index (χ1n) is 8.34. The highest BCUT2D eigenvalue weighted by atomic mass is 32.2. The number of H-pyrrole nitrogens is 1. The van der Waals surface area contributed by atoms with E-state index < -0.39 is 0 Å². The number of thioether (sulfide) groups is 1. The summed E-state index contributed by atoms with van der Waals surface area (Å²) >= 11 is 1.92. The first kappa shape index (κ1) is 15.9. The van der Waals surface area contributed by atoms with Gasteiger partial charge in [-0.05, 0) is 31.6 Å². The normalized spacial score (nSPS) is 13.8. The first-order valence-corrected chi connectivity index (χ1v) is 9.39. The van der Waals surface area contributed by atoms with Crippen LogP contribution in [0.25, 0.3) is 16.9 Å². The van der Waals surface area contributed by atoms with Gasteiger partial charge in [-0.25, -0.2) is 4.68 Å². The number of aromatic amines is 1. The summed E-state index contributed by atoms with van der Waals surface area (Å²) in [5, 5.41) is 22.0. The molecule has 4 rings (SSSR count). The number of nitrogens with one attached hydrogen (secondary N) is 1. The molecule has 126 valence electrons. The fourth-order valence-electron chi connectivity index (χ4n) is 3.31. The molecular formula is C18H18N6S. The van der Waals surface area contributed by atoms with Gasteiger partial charge in [0.15, 0.2) is 0 Å². The molecule has 0 saturated heterocycles. The van der Waals surface area contributed by atoms with E-state index in [1.165, 1.54) is 11.3 Å². The largest absolute Gasteiger partial charge is 0.281 e.